The summed E-state index contributed by atoms with van der Waals surface area (Å²) < 4.78 is 4.68. The van der Waals surface area contributed by atoms with Crippen LogP contribution in [0.25, 0.3) is 105 Å². The average Bonchev–Trinajstić information content (AvgIpc) is 3.81. The van der Waals surface area contributed by atoms with Gasteiger partial charge in [0.05, 0.1) is 33.3 Å². The zero-order valence-electron chi connectivity index (χ0n) is 30.9. The second-order valence-corrected chi connectivity index (χ2v) is 14.5. The number of benzene rings is 8. The molecule has 56 heavy (non-hydrogen) atoms. The van der Waals surface area contributed by atoms with Crippen molar-refractivity contribution in [2.24, 2.45) is 0 Å². The summed E-state index contributed by atoms with van der Waals surface area (Å²) in [6, 6.07) is 67.5. The molecular weight excluding hydrogens is 681 g/mol. The molecule has 0 fully saturated rings. The van der Waals surface area contributed by atoms with E-state index in [0.717, 1.165) is 62.2 Å². The van der Waals surface area contributed by atoms with Crippen LogP contribution in [0.15, 0.2) is 188 Å². The monoisotopic (exact) mass is 716 g/mol. The SMILES string of the molecule is CCn1c(-c2ccc(-c3ccc(-c4ccc5nc(-c6ccccc6)c6cc7c8ccccc8n(-c8ccccc8)c7cc6c5c4)cc3)cc2)nc2ccccc21. The summed E-state index contributed by atoms with van der Waals surface area (Å²) in [6.07, 6.45) is 0. The van der Waals surface area contributed by atoms with Gasteiger partial charge >= 0.3 is 0 Å². The Balaban J connectivity index is 1.03. The van der Waals surface area contributed by atoms with Crippen molar-refractivity contribution in [2.45, 2.75) is 13.5 Å². The van der Waals surface area contributed by atoms with Gasteiger partial charge in [-0.15, -0.1) is 0 Å². The molecule has 0 amide bonds. The first-order valence-corrected chi connectivity index (χ1v) is 19.3. The minimum atomic E-state index is 0.872. The molecule has 0 saturated carbocycles. The van der Waals surface area contributed by atoms with Crippen LogP contribution in [-0.2, 0) is 6.54 Å². The smallest absolute Gasteiger partial charge is 0.141 e. The van der Waals surface area contributed by atoms with Crippen molar-refractivity contribution in [1.29, 1.82) is 0 Å². The van der Waals surface area contributed by atoms with Crippen LogP contribution in [0.5, 0.6) is 0 Å². The van der Waals surface area contributed by atoms with Crippen molar-refractivity contribution in [3.63, 3.8) is 0 Å². The van der Waals surface area contributed by atoms with E-state index in [1.165, 1.54) is 49.4 Å². The highest BCUT2D eigenvalue weighted by atomic mass is 15.1. The molecule has 0 aliphatic rings. The van der Waals surface area contributed by atoms with E-state index in [0.29, 0.717) is 0 Å². The number of hydrogen-bond acceptors (Lipinski definition) is 2. The van der Waals surface area contributed by atoms with E-state index in [9.17, 15) is 0 Å². The molecule has 11 rings (SSSR count). The molecular formula is C52H36N4. The summed E-state index contributed by atoms with van der Waals surface area (Å²) in [5, 5.41) is 5.94. The van der Waals surface area contributed by atoms with Gasteiger partial charge in [0.25, 0.3) is 0 Å². The first-order valence-electron chi connectivity index (χ1n) is 19.3. The van der Waals surface area contributed by atoms with Gasteiger partial charge in [-0.2, -0.15) is 0 Å². The maximum atomic E-state index is 5.35. The summed E-state index contributed by atoms with van der Waals surface area (Å²) in [5.41, 5.74) is 14.6. The van der Waals surface area contributed by atoms with Crippen LogP contribution in [-0.4, -0.2) is 19.1 Å². The van der Waals surface area contributed by atoms with E-state index in [2.05, 4.69) is 204 Å². The summed E-state index contributed by atoms with van der Waals surface area (Å²) in [7, 11) is 0. The quantitative estimate of drug-likeness (QED) is 0.161. The first kappa shape index (κ1) is 32.2. The Bertz CT molecular complexity index is 3250. The van der Waals surface area contributed by atoms with Crippen LogP contribution in [0.4, 0.5) is 0 Å². The molecule has 3 heterocycles. The van der Waals surface area contributed by atoms with Gasteiger partial charge in [0.15, 0.2) is 0 Å². The van der Waals surface area contributed by atoms with Crippen LogP contribution >= 0.6 is 0 Å². The normalized spacial score (nSPS) is 11.7. The molecule has 0 radical (unpaired) electrons. The van der Waals surface area contributed by atoms with Crippen LogP contribution < -0.4 is 0 Å². The fourth-order valence-electron chi connectivity index (χ4n) is 8.60. The molecule has 0 saturated heterocycles. The number of fused-ring (bicyclic) bond motifs is 7. The van der Waals surface area contributed by atoms with Crippen molar-refractivity contribution in [2.75, 3.05) is 0 Å². The average molecular weight is 717 g/mol. The molecule has 0 bridgehead atoms. The van der Waals surface area contributed by atoms with E-state index in [4.69, 9.17) is 9.97 Å². The zero-order chi connectivity index (χ0) is 37.2. The number of aryl methyl sites for hydroxylation is 1. The Morgan fingerprint density at radius 3 is 1.71 bits per heavy atom. The van der Waals surface area contributed by atoms with Gasteiger partial charge in [0.2, 0.25) is 0 Å². The molecule has 4 nitrogen and oxygen atoms in total. The summed E-state index contributed by atoms with van der Waals surface area (Å²) in [4.78, 5) is 10.3. The standard InChI is InChI=1S/C52H36N4/c1-2-55-49-20-12-10-18-47(49)54-52(55)38-27-25-35(26-28-38)34-21-23-36(24-22-34)39-29-30-46-43(31-39)42-33-50-44(32-45(42)51(53-46)37-13-5-3-6-14-37)41-17-9-11-19-48(41)56(50)40-15-7-4-8-16-40/h3-33H,2H2,1H3. The highest BCUT2D eigenvalue weighted by Crippen LogP contribution is 2.41. The van der Waals surface area contributed by atoms with E-state index in [1.54, 1.807) is 0 Å². The molecule has 8 aromatic carbocycles. The molecule has 0 N–H and O–H groups in total. The third-order valence-electron chi connectivity index (χ3n) is 11.3. The minimum Gasteiger partial charge on any atom is -0.324 e. The van der Waals surface area contributed by atoms with Crippen LogP contribution in [0, 0.1) is 0 Å². The number of para-hydroxylation sites is 4. The zero-order valence-corrected chi connectivity index (χ0v) is 30.9. The Hall–Kier alpha value is -7.30. The van der Waals surface area contributed by atoms with Gasteiger partial charge < -0.3 is 9.13 Å². The number of rotatable bonds is 6. The fourth-order valence-corrected chi connectivity index (χ4v) is 8.60. The molecule has 0 aliphatic carbocycles. The fraction of sp³-hybridized carbons (Fsp3) is 0.0385. The summed E-state index contributed by atoms with van der Waals surface area (Å²) >= 11 is 0. The van der Waals surface area contributed by atoms with Crippen LogP contribution in [0.3, 0.4) is 0 Å². The van der Waals surface area contributed by atoms with E-state index >= 15 is 0 Å². The molecule has 0 spiro atoms. The summed E-state index contributed by atoms with van der Waals surface area (Å²) in [6.45, 7) is 3.05. The molecule has 0 unspecified atom stereocenters. The Kier molecular flexibility index (Phi) is 7.42. The summed E-state index contributed by atoms with van der Waals surface area (Å²) in [5.74, 6) is 1.01. The maximum absolute atomic E-state index is 5.35. The van der Waals surface area contributed by atoms with Crippen molar-refractivity contribution < 1.29 is 0 Å². The van der Waals surface area contributed by atoms with Gasteiger partial charge in [0.1, 0.15) is 5.82 Å². The lowest BCUT2D eigenvalue weighted by atomic mass is 9.95. The lowest BCUT2D eigenvalue weighted by Crippen LogP contribution is -1.97. The first-order chi connectivity index (χ1) is 27.7. The van der Waals surface area contributed by atoms with E-state index in [-0.39, 0.29) is 0 Å². The Labute approximate surface area is 324 Å². The number of hydrogen-bond donors (Lipinski definition) is 0. The van der Waals surface area contributed by atoms with Crippen molar-refractivity contribution in [1.82, 2.24) is 19.1 Å². The van der Waals surface area contributed by atoms with Gasteiger partial charge in [0, 0.05) is 44.9 Å². The van der Waals surface area contributed by atoms with Crippen molar-refractivity contribution in [3.8, 4) is 50.6 Å². The topological polar surface area (TPSA) is 35.6 Å². The minimum absolute atomic E-state index is 0.872. The predicted octanol–water partition coefficient (Wildman–Crippen LogP) is 13.5. The lowest BCUT2D eigenvalue weighted by Gasteiger charge is -2.14. The Morgan fingerprint density at radius 1 is 0.375 bits per heavy atom. The van der Waals surface area contributed by atoms with Gasteiger partial charge in [-0.3, -0.25) is 0 Å². The maximum Gasteiger partial charge on any atom is 0.141 e. The van der Waals surface area contributed by atoms with Crippen molar-refractivity contribution >= 4 is 54.5 Å². The lowest BCUT2D eigenvalue weighted by molar-refractivity contribution is 0.796. The molecule has 264 valence electrons. The number of aromatic nitrogens is 4. The molecule has 4 heteroatoms. The second kappa shape index (κ2) is 12.9. The van der Waals surface area contributed by atoms with Crippen LogP contribution in [0.1, 0.15) is 6.92 Å². The number of pyridine rings is 1. The van der Waals surface area contributed by atoms with Gasteiger partial charge in [-0.25, -0.2) is 9.97 Å². The highest BCUT2D eigenvalue weighted by Gasteiger charge is 2.18. The van der Waals surface area contributed by atoms with E-state index < -0.39 is 0 Å². The second-order valence-electron chi connectivity index (χ2n) is 14.5. The number of nitrogens with zero attached hydrogens (tertiary/aromatic N) is 4. The van der Waals surface area contributed by atoms with E-state index in [1.807, 2.05) is 0 Å². The molecule has 0 atom stereocenters. The largest absolute Gasteiger partial charge is 0.324 e. The molecule has 3 aromatic heterocycles. The van der Waals surface area contributed by atoms with Crippen molar-refractivity contribution in [3.05, 3.63) is 188 Å². The molecule has 11 aromatic rings. The van der Waals surface area contributed by atoms with Gasteiger partial charge in [-0.05, 0) is 89.2 Å². The molecule has 0 aliphatic heterocycles. The third-order valence-corrected chi connectivity index (χ3v) is 11.3. The van der Waals surface area contributed by atoms with Gasteiger partial charge in [-0.1, -0.05) is 133 Å². The predicted molar refractivity (Wildman–Crippen MR) is 234 cm³/mol. The highest BCUT2D eigenvalue weighted by molar-refractivity contribution is 6.20. The Morgan fingerprint density at radius 2 is 0.982 bits per heavy atom. The van der Waals surface area contributed by atoms with Crippen LogP contribution in [0.2, 0.25) is 0 Å². The number of imidazole rings is 1. The third kappa shape index (κ3) is 5.14.